The molecule has 0 amide bonds. The molecule has 2 fully saturated rings. The van der Waals surface area contributed by atoms with Gasteiger partial charge in [-0.2, -0.15) is 0 Å². The maximum atomic E-state index is 10.8. The molecule has 10 heteroatoms. The molecule has 6 rings (SSSR count). The van der Waals surface area contributed by atoms with Crippen LogP contribution in [-0.2, 0) is 6.42 Å². The second-order valence-corrected chi connectivity index (χ2v) is 11.4. The molecule has 6 N–H and O–H groups in total. The third-order valence-corrected chi connectivity index (χ3v) is 8.62. The van der Waals surface area contributed by atoms with Crippen LogP contribution in [0.15, 0.2) is 41.3 Å². The summed E-state index contributed by atoms with van der Waals surface area (Å²) in [5.41, 5.74) is 8.76. The number of aliphatic hydroxyl groups excluding tert-OH is 2. The first-order chi connectivity index (χ1) is 17.5. The highest BCUT2D eigenvalue weighted by Gasteiger charge is 2.42. The first-order valence-corrected chi connectivity index (χ1v) is 13.5. The van der Waals surface area contributed by atoms with Crippen LogP contribution < -0.4 is 11.1 Å². The van der Waals surface area contributed by atoms with Gasteiger partial charge in [-0.05, 0) is 68.3 Å². The number of aryl methyl sites for hydroxylation is 1. The van der Waals surface area contributed by atoms with Gasteiger partial charge in [0.2, 0.25) is 0 Å². The standard InChI is InChI=1S/C26H32BrN7O2/c27-17-2-3-19-20(10-17)33-22(32-19)4-1-14-7-15(8-14)11-29-12-16-9-21(24(36)23(16)35)34-6-5-18-25(28)30-13-31-26(18)34/h2-3,5-6,10,13-16,21,23-24,29,35-36H,1,4,7-9,11-12H2,(H,32,33)(H2,28,30,31)/t14?,15?,16-,21-,23-,24+/m1/s1. The summed E-state index contributed by atoms with van der Waals surface area (Å²) in [5.74, 6) is 2.91. The number of halogens is 1. The predicted octanol–water partition coefficient (Wildman–Crippen LogP) is 3.18. The van der Waals surface area contributed by atoms with Crippen LogP contribution in [0.5, 0.6) is 0 Å². The first kappa shape index (κ1) is 23.8. The van der Waals surface area contributed by atoms with Crippen molar-refractivity contribution < 1.29 is 10.2 Å². The van der Waals surface area contributed by atoms with Crippen LogP contribution in [-0.4, -0.2) is 60.0 Å². The average Bonchev–Trinajstić information content (AvgIpc) is 3.52. The van der Waals surface area contributed by atoms with Crippen molar-refractivity contribution in [1.29, 1.82) is 0 Å². The smallest absolute Gasteiger partial charge is 0.145 e. The minimum Gasteiger partial charge on any atom is -0.390 e. The van der Waals surface area contributed by atoms with E-state index >= 15 is 0 Å². The maximum Gasteiger partial charge on any atom is 0.145 e. The third kappa shape index (κ3) is 4.51. The number of aromatic amines is 1. The first-order valence-electron chi connectivity index (χ1n) is 12.7. The number of H-pyrrole nitrogens is 1. The van der Waals surface area contributed by atoms with E-state index in [1.807, 2.05) is 29.0 Å². The topological polar surface area (TPSA) is 138 Å². The Bertz CT molecular complexity index is 1370. The van der Waals surface area contributed by atoms with E-state index in [0.29, 0.717) is 30.3 Å². The molecule has 2 aliphatic carbocycles. The molecular formula is C26H32BrN7O2. The molecule has 0 aliphatic heterocycles. The summed E-state index contributed by atoms with van der Waals surface area (Å²) in [5, 5.41) is 25.8. The van der Waals surface area contributed by atoms with E-state index in [-0.39, 0.29) is 12.0 Å². The number of hydrogen-bond donors (Lipinski definition) is 5. The van der Waals surface area contributed by atoms with Crippen molar-refractivity contribution in [3.05, 3.63) is 47.1 Å². The van der Waals surface area contributed by atoms with Crippen LogP contribution in [0, 0.1) is 17.8 Å². The summed E-state index contributed by atoms with van der Waals surface area (Å²) in [6, 6.07) is 7.78. The number of nitrogens with zero attached hydrogens (tertiary/aromatic N) is 4. The fourth-order valence-electron chi connectivity index (χ4n) is 6.08. The molecule has 36 heavy (non-hydrogen) atoms. The van der Waals surface area contributed by atoms with Crippen molar-refractivity contribution in [3.63, 3.8) is 0 Å². The Hall–Kier alpha value is -2.53. The van der Waals surface area contributed by atoms with Crippen LogP contribution in [0.2, 0.25) is 0 Å². The van der Waals surface area contributed by atoms with Crippen LogP contribution >= 0.6 is 15.9 Å². The van der Waals surface area contributed by atoms with Gasteiger partial charge in [0.05, 0.1) is 28.6 Å². The van der Waals surface area contributed by atoms with E-state index in [9.17, 15) is 10.2 Å². The average molecular weight is 554 g/mol. The lowest BCUT2D eigenvalue weighted by Gasteiger charge is -2.36. The van der Waals surface area contributed by atoms with Crippen LogP contribution in [0.1, 0.15) is 37.5 Å². The molecule has 190 valence electrons. The van der Waals surface area contributed by atoms with E-state index in [2.05, 4.69) is 42.3 Å². The monoisotopic (exact) mass is 553 g/mol. The van der Waals surface area contributed by atoms with Crippen LogP contribution in [0.4, 0.5) is 5.82 Å². The molecule has 4 atom stereocenters. The molecule has 2 saturated carbocycles. The molecule has 3 aromatic heterocycles. The Morgan fingerprint density at radius 1 is 1.08 bits per heavy atom. The number of aliphatic hydroxyl groups is 2. The highest BCUT2D eigenvalue weighted by molar-refractivity contribution is 9.10. The van der Waals surface area contributed by atoms with Gasteiger partial charge in [-0.3, -0.25) is 0 Å². The number of nitrogen functional groups attached to an aromatic ring is 1. The number of nitrogens with one attached hydrogen (secondary N) is 2. The van der Waals surface area contributed by atoms with Crippen LogP contribution in [0.3, 0.4) is 0 Å². The van der Waals surface area contributed by atoms with Gasteiger partial charge in [0.1, 0.15) is 29.7 Å². The van der Waals surface area contributed by atoms with Gasteiger partial charge in [0.25, 0.3) is 0 Å². The zero-order valence-electron chi connectivity index (χ0n) is 20.0. The Balaban J connectivity index is 0.953. The minimum atomic E-state index is -0.837. The third-order valence-electron chi connectivity index (χ3n) is 8.12. The number of aromatic nitrogens is 5. The molecule has 1 aromatic carbocycles. The molecule has 4 aromatic rings. The number of imidazole rings is 1. The van der Waals surface area contributed by atoms with Gasteiger partial charge in [-0.15, -0.1) is 0 Å². The molecule has 0 radical (unpaired) electrons. The molecule has 2 aliphatic rings. The van der Waals surface area contributed by atoms with Crippen molar-refractivity contribution in [1.82, 2.24) is 29.8 Å². The zero-order chi connectivity index (χ0) is 24.8. The summed E-state index contributed by atoms with van der Waals surface area (Å²) >= 11 is 3.51. The van der Waals surface area contributed by atoms with Crippen molar-refractivity contribution in [2.24, 2.45) is 17.8 Å². The lowest BCUT2D eigenvalue weighted by molar-refractivity contribution is 0.00653. The second-order valence-electron chi connectivity index (χ2n) is 10.5. The lowest BCUT2D eigenvalue weighted by Crippen LogP contribution is -2.38. The molecule has 3 heterocycles. The molecule has 9 nitrogen and oxygen atoms in total. The van der Waals surface area contributed by atoms with Gasteiger partial charge < -0.3 is 30.8 Å². The summed E-state index contributed by atoms with van der Waals surface area (Å²) in [7, 11) is 0. The quantitative estimate of drug-likeness (QED) is 0.226. The highest BCUT2D eigenvalue weighted by atomic mass is 79.9. The van der Waals surface area contributed by atoms with E-state index in [1.165, 1.54) is 19.2 Å². The summed E-state index contributed by atoms with van der Waals surface area (Å²) < 4.78 is 2.99. The van der Waals surface area contributed by atoms with Crippen molar-refractivity contribution >= 4 is 43.8 Å². The summed E-state index contributed by atoms with van der Waals surface area (Å²) in [4.78, 5) is 16.5. The minimum absolute atomic E-state index is 0.00868. The van der Waals surface area contributed by atoms with Gasteiger partial charge in [0.15, 0.2) is 0 Å². The van der Waals surface area contributed by atoms with Crippen molar-refractivity contribution in [3.8, 4) is 0 Å². The van der Waals surface area contributed by atoms with Gasteiger partial charge in [-0.1, -0.05) is 15.9 Å². The second kappa shape index (κ2) is 9.74. The molecular weight excluding hydrogens is 522 g/mol. The zero-order valence-corrected chi connectivity index (χ0v) is 21.6. The largest absolute Gasteiger partial charge is 0.390 e. The van der Waals surface area contributed by atoms with Gasteiger partial charge >= 0.3 is 0 Å². The summed E-state index contributed by atoms with van der Waals surface area (Å²) in [6.45, 7) is 1.65. The Labute approximate surface area is 217 Å². The number of fused-ring (bicyclic) bond motifs is 2. The van der Waals surface area contributed by atoms with Gasteiger partial charge in [0, 0.05) is 29.6 Å². The predicted molar refractivity (Wildman–Crippen MR) is 142 cm³/mol. The van der Waals surface area contributed by atoms with Gasteiger partial charge in [-0.25, -0.2) is 15.0 Å². The number of hydrogen-bond acceptors (Lipinski definition) is 7. The number of nitrogens with two attached hydrogens (primary N) is 1. The van der Waals surface area contributed by atoms with Crippen LogP contribution in [0.25, 0.3) is 22.1 Å². The van der Waals surface area contributed by atoms with E-state index in [1.54, 1.807) is 0 Å². The molecule has 0 saturated heterocycles. The number of anilines is 1. The lowest BCUT2D eigenvalue weighted by atomic mass is 9.72. The fourth-order valence-corrected chi connectivity index (χ4v) is 6.44. The van der Waals surface area contributed by atoms with E-state index in [0.717, 1.165) is 52.0 Å². The van der Waals surface area contributed by atoms with Crippen molar-refractivity contribution in [2.75, 3.05) is 18.8 Å². The Morgan fingerprint density at radius 2 is 1.94 bits per heavy atom. The molecule has 0 bridgehead atoms. The molecule has 0 spiro atoms. The van der Waals surface area contributed by atoms with E-state index in [4.69, 9.17) is 10.7 Å². The van der Waals surface area contributed by atoms with Crippen molar-refractivity contribution in [2.45, 2.75) is 50.4 Å². The molecule has 0 unspecified atom stereocenters. The number of rotatable bonds is 8. The number of benzene rings is 1. The maximum absolute atomic E-state index is 10.8. The van der Waals surface area contributed by atoms with E-state index < -0.39 is 12.2 Å². The fraction of sp³-hybridized carbons (Fsp3) is 0.500. The normalized spacial score (nSPS) is 28.2. The SMILES string of the molecule is Nc1ncnc2c1ccn2[C@@H]1C[C@H](CNCC2CC(CCc3nc4ccc(Br)cc4[nH]3)C2)[C@@H](O)[C@H]1O. The Morgan fingerprint density at radius 3 is 2.81 bits per heavy atom. The highest BCUT2D eigenvalue weighted by Crippen LogP contribution is 2.39. The summed E-state index contributed by atoms with van der Waals surface area (Å²) in [6.07, 6.45) is 7.00. The Kier molecular flexibility index (Phi) is 6.45.